The number of hydroxylamine groups is 1. The minimum atomic E-state index is -0.129. The van der Waals surface area contributed by atoms with E-state index in [1.807, 2.05) is 6.07 Å². The number of rotatable bonds is 2. The second kappa shape index (κ2) is 4.77. The van der Waals surface area contributed by atoms with Gasteiger partial charge < -0.3 is 0 Å². The summed E-state index contributed by atoms with van der Waals surface area (Å²) in [6.45, 7) is 0. The van der Waals surface area contributed by atoms with E-state index in [1.54, 1.807) is 11.3 Å². The van der Waals surface area contributed by atoms with Crippen molar-refractivity contribution in [2.75, 3.05) is 7.11 Å². The number of hydrogen-bond acceptors (Lipinski definition) is 3. The quantitative estimate of drug-likeness (QED) is 0.619. The summed E-state index contributed by atoms with van der Waals surface area (Å²) in [5.41, 5.74) is 3.72. The van der Waals surface area contributed by atoms with Crippen molar-refractivity contribution in [1.82, 2.24) is 5.48 Å². The molecule has 1 heterocycles. The van der Waals surface area contributed by atoms with Crippen LogP contribution in [-0.4, -0.2) is 13.0 Å². The maximum absolute atomic E-state index is 11.5. The van der Waals surface area contributed by atoms with E-state index < -0.39 is 0 Å². The van der Waals surface area contributed by atoms with E-state index in [9.17, 15) is 4.79 Å². The van der Waals surface area contributed by atoms with Crippen LogP contribution in [0.4, 0.5) is 0 Å². The number of hydrogen-bond donors (Lipinski definition) is 1. The molecule has 4 heteroatoms. The van der Waals surface area contributed by atoms with Crippen LogP contribution >= 0.6 is 11.3 Å². The Morgan fingerprint density at radius 2 is 2.20 bits per heavy atom. The second-order valence-electron chi connectivity index (χ2n) is 3.76. The Balaban J connectivity index is 2.18. The first-order valence-corrected chi connectivity index (χ1v) is 6.08. The van der Waals surface area contributed by atoms with Gasteiger partial charge in [-0.1, -0.05) is 6.42 Å². The number of amides is 1. The molecule has 1 aromatic rings. The molecule has 0 aromatic carbocycles. The van der Waals surface area contributed by atoms with E-state index in [1.165, 1.54) is 36.8 Å². The molecule has 15 heavy (non-hydrogen) atoms. The molecule has 3 nitrogen and oxygen atoms in total. The SMILES string of the molecule is CONC(=O)c1cc2c(s1)CCCCC2. The molecule has 0 saturated heterocycles. The topological polar surface area (TPSA) is 38.3 Å². The summed E-state index contributed by atoms with van der Waals surface area (Å²) in [4.78, 5) is 18.3. The van der Waals surface area contributed by atoms with Crippen molar-refractivity contribution in [3.63, 3.8) is 0 Å². The third kappa shape index (κ3) is 2.38. The molecule has 0 unspecified atom stereocenters. The van der Waals surface area contributed by atoms with E-state index in [-0.39, 0.29) is 5.91 Å². The number of carbonyl (C=O) groups excluding carboxylic acids is 1. The van der Waals surface area contributed by atoms with Crippen molar-refractivity contribution in [1.29, 1.82) is 0 Å². The first-order chi connectivity index (χ1) is 7.31. The van der Waals surface area contributed by atoms with Crippen LogP contribution in [0.5, 0.6) is 0 Å². The van der Waals surface area contributed by atoms with Crippen molar-refractivity contribution in [3.8, 4) is 0 Å². The number of fused-ring (bicyclic) bond motifs is 1. The zero-order valence-electron chi connectivity index (χ0n) is 8.84. The van der Waals surface area contributed by atoms with Gasteiger partial charge in [-0.3, -0.25) is 9.63 Å². The van der Waals surface area contributed by atoms with E-state index >= 15 is 0 Å². The standard InChI is InChI=1S/C11H15NO2S/c1-14-12-11(13)10-7-8-5-3-2-4-6-9(8)15-10/h7H,2-6H2,1H3,(H,12,13). The Kier molecular flexibility index (Phi) is 3.38. The summed E-state index contributed by atoms with van der Waals surface area (Å²) in [5.74, 6) is -0.129. The molecule has 1 N–H and O–H groups in total. The minimum absolute atomic E-state index is 0.129. The van der Waals surface area contributed by atoms with Crippen LogP contribution < -0.4 is 5.48 Å². The van der Waals surface area contributed by atoms with Gasteiger partial charge in [0.1, 0.15) is 0 Å². The van der Waals surface area contributed by atoms with Gasteiger partial charge in [-0.05, 0) is 37.3 Å². The molecule has 1 aliphatic carbocycles. The molecule has 82 valence electrons. The number of thiophene rings is 1. The van der Waals surface area contributed by atoms with Crippen molar-refractivity contribution in [3.05, 3.63) is 21.4 Å². The summed E-state index contributed by atoms with van der Waals surface area (Å²) >= 11 is 1.60. The van der Waals surface area contributed by atoms with Crippen LogP contribution in [0.1, 0.15) is 39.4 Å². The number of aryl methyl sites for hydroxylation is 2. The maximum atomic E-state index is 11.5. The van der Waals surface area contributed by atoms with E-state index in [0.29, 0.717) is 0 Å². The zero-order valence-corrected chi connectivity index (χ0v) is 9.65. The van der Waals surface area contributed by atoms with Crippen LogP contribution in [-0.2, 0) is 17.7 Å². The molecular weight excluding hydrogens is 210 g/mol. The minimum Gasteiger partial charge on any atom is -0.277 e. The van der Waals surface area contributed by atoms with Gasteiger partial charge in [-0.25, -0.2) is 5.48 Å². The molecule has 0 aliphatic heterocycles. The van der Waals surface area contributed by atoms with Crippen molar-refractivity contribution < 1.29 is 9.63 Å². The molecule has 2 rings (SSSR count). The highest BCUT2D eigenvalue weighted by Gasteiger charge is 2.15. The molecule has 0 fully saturated rings. The third-order valence-corrected chi connectivity index (χ3v) is 3.90. The zero-order chi connectivity index (χ0) is 10.7. The maximum Gasteiger partial charge on any atom is 0.284 e. The Bertz CT molecular complexity index is 336. The molecule has 0 saturated carbocycles. The van der Waals surface area contributed by atoms with Crippen molar-refractivity contribution in [2.24, 2.45) is 0 Å². The van der Waals surface area contributed by atoms with Crippen molar-refractivity contribution >= 4 is 17.2 Å². The lowest BCUT2D eigenvalue weighted by Gasteiger charge is -1.97. The van der Waals surface area contributed by atoms with Crippen LogP contribution in [0.3, 0.4) is 0 Å². The van der Waals surface area contributed by atoms with Gasteiger partial charge in [0.25, 0.3) is 5.91 Å². The highest BCUT2D eigenvalue weighted by molar-refractivity contribution is 7.14. The van der Waals surface area contributed by atoms with Crippen LogP contribution in [0.2, 0.25) is 0 Å². The fraction of sp³-hybridized carbons (Fsp3) is 0.545. The van der Waals surface area contributed by atoms with E-state index in [2.05, 4.69) is 10.3 Å². The Morgan fingerprint density at radius 3 is 3.00 bits per heavy atom. The lowest BCUT2D eigenvalue weighted by molar-refractivity contribution is 0.0542. The Morgan fingerprint density at radius 1 is 1.40 bits per heavy atom. The van der Waals surface area contributed by atoms with Crippen LogP contribution in [0.25, 0.3) is 0 Å². The highest BCUT2D eigenvalue weighted by Crippen LogP contribution is 2.28. The predicted molar refractivity (Wildman–Crippen MR) is 60.1 cm³/mol. The molecule has 1 aromatic heterocycles. The molecule has 1 amide bonds. The monoisotopic (exact) mass is 225 g/mol. The summed E-state index contributed by atoms with van der Waals surface area (Å²) in [5, 5.41) is 0. The van der Waals surface area contributed by atoms with E-state index in [0.717, 1.165) is 17.7 Å². The molecular formula is C11H15NO2S. The summed E-state index contributed by atoms with van der Waals surface area (Å²) in [6.07, 6.45) is 6.04. The first-order valence-electron chi connectivity index (χ1n) is 5.26. The van der Waals surface area contributed by atoms with Gasteiger partial charge in [0.15, 0.2) is 0 Å². The van der Waals surface area contributed by atoms with Crippen molar-refractivity contribution in [2.45, 2.75) is 32.1 Å². The summed E-state index contributed by atoms with van der Waals surface area (Å²) in [7, 11) is 1.45. The largest absolute Gasteiger partial charge is 0.284 e. The number of nitrogens with one attached hydrogen (secondary N) is 1. The normalized spacial score (nSPS) is 15.5. The smallest absolute Gasteiger partial charge is 0.277 e. The number of carbonyl (C=O) groups is 1. The first kappa shape index (κ1) is 10.6. The van der Waals surface area contributed by atoms with Crippen LogP contribution in [0.15, 0.2) is 6.07 Å². The van der Waals surface area contributed by atoms with E-state index in [4.69, 9.17) is 0 Å². The lowest BCUT2D eigenvalue weighted by atomic mass is 10.1. The fourth-order valence-electron chi connectivity index (χ4n) is 1.92. The average Bonchev–Trinajstić information content (AvgIpc) is 2.51. The van der Waals surface area contributed by atoms with Gasteiger partial charge in [-0.15, -0.1) is 11.3 Å². The summed E-state index contributed by atoms with van der Waals surface area (Å²) < 4.78 is 0. The fourth-order valence-corrected chi connectivity index (χ4v) is 3.06. The van der Waals surface area contributed by atoms with Gasteiger partial charge in [0.2, 0.25) is 0 Å². The molecule has 0 bridgehead atoms. The van der Waals surface area contributed by atoms with Crippen LogP contribution in [0, 0.1) is 0 Å². The highest BCUT2D eigenvalue weighted by atomic mass is 32.1. The molecule has 0 radical (unpaired) electrons. The molecule has 0 spiro atoms. The Hall–Kier alpha value is -0.870. The van der Waals surface area contributed by atoms with Gasteiger partial charge in [0, 0.05) is 4.88 Å². The Labute approximate surface area is 93.4 Å². The summed E-state index contributed by atoms with van der Waals surface area (Å²) in [6, 6.07) is 2.01. The molecule has 1 aliphatic rings. The third-order valence-electron chi connectivity index (χ3n) is 2.67. The predicted octanol–water partition coefficient (Wildman–Crippen LogP) is 2.31. The second-order valence-corrected chi connectivity index (χ2v) is 4.89. The van der Waals surface area contributed by atoms with Gasteiger partial charge >= 0.3 is 0 Å². The van der Waals surface area contributed by atoms with Gasteiger partial charge in [-0.2, -0.15) is 0 Å². The average molecular weight is 225 g/mol. The lowest BCUT2D eigenvalue weighted by Crippen LogP contribution is -2.20. The van der Waals surface area contributed by atoms with Gasteiger partial charge in [0.05, 0.1) is 12.0 Å². The molecule has 0 atom stereocenters.